The summed E-state index contributed by atoms with van der Waals surface area (Å²) in [6.45, 7) is 6.08. The molecule has 0 aliphatic rings. The summed E-state index contributed by atoms with van der Waals surface area (Å²) < 4.78 is 9.83. The smallest absolute Gasteiger partial charge is 0.202 e. The fourth-order valence-corrected chi connectivity index (χ4v) is 3.45. The van der Waals surface area contributed by atoms with E-state index in [9.17, 15) is 0 Å². The molecule has 0 saturated carbocycles. The van der Waals surface area contributed by atoms with Crippen LogP contribution in [0.4, 0.5) is 0 Å². The molecule has 148 valence electrons. The average molecular weight is 398 g/mol. The number of hydrogen-bond acceptors (Lipinski definition) is 3. The van der Waals surface area contributed by atoms with E-state index < -0.39 is 0 Å². The van der Waals surface area contributed by atoms with Crippen LogP contribution in [0.5, 0.6) is 5.75 Å². The molecule has 0 aliphatic carbocycles. The Bertz CT molecular complexity index is 971. The molecular formula is C22H29N4OS+. The molecular weight excluding hydrogens is 368 g/mol. The Morgan fingerprint density at radius 3 is 2.29 bits per heavy atom. The Morgan fingerprint density at radius 1 is 1.07 bits per heavy atom. The first kappa shape index (κ1) is 20.3. The molecule has 0 radical (unpaired) electrons. The second-order valence-electron chi connectivity index (χ2n) is 7.58. The first-order valence-electron chi connectivity index (χ1n) is 9.57. The molecule has 3 aromatic rings. The molecule has 2 aromatic carbocycles. The van der Waals surface area contributed by atoms with Crippen LogP contribution in [-0.2, 0) is 20.3 Å². The van der Waals surface area contributed by atoms with Gasteiger partial charge in [-0.2, -0.15) is 4.68 Å². The lowest BCUT2D eigenvalue weighted by Gasteiger charge is -2.14. The van der Waals surface area contributed by atoms with Gasteiger partial charge in [0.05, 0.1) is 14.2 Å². The SMILES string of the molecule is COc1ccc(-c2nn(C[NH+](C)Cc3ccc(C(C)C)cc3)c(=S)n2C)cc1. The van der Waals surface area contributed by atoms with Gasteiger partial charge in [-0.05, 0) is 48.0 Å². The maximum Gasteiger partial charge on any atom is 0.202 e. The van der Waals surface area contributed by atoms with E-state index >= 15 is 0 Å². The fourth-order valence-electron chi connectivity index (χ4n) is 3.26. The molecule has 0 amide bonds. The molecule has 1 heterocycles. The van der Waals surface area contributed by atoms with Crippen LogP contribution in [-0.4, -0.2) is 28.5 Å². The van der Waals surface area contributed by atoms with Crippen LogP contribution >= 0.6 is 12.2 Å². The summed E-state index contributed by atoms with van der Waals surface area (Å²) in [5, 5.41) is 4.77. The Hall–Kier alpha value is -2.44. The van der Waals surface area contributed by atoms with E-state index in [0.717, 1.165) is 35.1 Å². The molecule has 3 rings (SSSR count). The number of quaternary nitrogens is 1. The van der Waals surface area contributed by atoms with Gasteiger partial charge in [-0.3, -0.25) is 0 Å². The van der Waals surface area contributed by atoms with Gasteiger partial charge in [-0.1, -0.05) is 38.1 Å². The fraction of sp³-hybridized carbons (Fsp3) is 0.364. The number of rotatable bonds is 7. The van der Waals surface area contributed by atoms with Gasteiger partial charge in [0.1, 0.15) is 12.3 Å². The minimum atomic E-state index is 0.558. The largest absolute Gasteiger partial charge is 0.497 e. The number of nitrogens with zero attached hydrogens (tertiary/aromatic N) is 3. The molecule has 5 nitrogen and oxygen atoms in total. The van der Waals surface area contributed by atoms with Gasteiger partial charge in [0.15, 0.2) is 12.5 Å². The summed E-state index contributed by atoms with van der Waals surface area (Å²) in [4.78, 5) is 1.33. The lowest BCUT2D eigenvalue weighted by atomic mass is 10.0. The molecule has 6 heteroatoms. The topological polar surface area (TPSA) is 36.4 Å². The first-order valence-corrected chi connectivity index (χ1v) is 9.98. The van der Waals surface area contributed by atoms with Crippen LogP contribution < -0.4 is 9.64 Å². The van der Waals surface area contributed by atoms with Crippen molar-refractivity contribution in [2.45, 2.75) is 33.0 Å². The van der Waals surface area contributed by atoms with E-state index in [1.807, 2.05) is 40.6 Å². The van der Waals surface area contributed by atoms with Crippen LogP contribution in [0, 0.1) is 4.77 Å². The molecule has 0 saturated heterocycles. The van der Waals surface area contributed by atoms with Gasteiger partial charge in [-0.15, -0.1) is 5.10 Å². The van der Waals surface area contributed by atoms with E-state index in [2.05, 4.69) is 45.2 Å². The molecule has 0 bridgehead atoms. The maximum atomic E-state index is 5.62. The summed E-state index contributed by atoms with van der Waals surface area (Å²) in [7, 11) is 5.80. The number of hydrogen-bond donors (Lipinski definition) is 1. The third kappa shape index (κ3) is 4.51. The molecule has 0 aliphatic heterocycles. The zero-order valence-corrected chi connectivity index (χ0v) is 18.1. The second kappa shape index (κ2) is 8.71. The predicted molar refractivity (Wildman–Crippen MR) is 115 cm³/mol. The zero-order chi connectivity index (χ0) is 20.3. The van der Waals surface area contributed by atoms with Crippen molar-refractivity contribution in [1.29, 1.82) is 0 Å². The normalized spacial score (nSPS) is 12.4. The van der Waals surface area contributed by atoms with Crippen molar-refractivity contribution in [3.8, 4) is 17.1 Å². The third-order valence-electron chi connectivity index (χ3n) is 4.96. The quantitative estimate of drug-likeness (QED) is 0.621. The van der Waals surface area contributed by atoms with Crippen molar-refractivity contribution in [1.82, 2.24) is 14.3 Å². The Balaban J connectivity index is 1.74. The van der Waals surface area contributed by atoms with Crippen molar-refractivity contribution in [3.63, 3.8) is 0 Å². The first-order chi connectivity index (χ1) is 13.4. The van der Waals surface area contributed by atoms with Crippen molar-refractivity contribution >= 4 is 12.2 Å². The molecule has 0 fully saturated rings. The van der Waals surface area contributed by atoms with Crippen LogP contribution in [0.25, 0.3) is 11.4 Å². The van der Waals surface area contributed by atoms with E-state index in [0.29, 0.717) is 5.92 Å². The lowest BCUT2D eigenvalue weighted by molar-refractivity contribution is -0.917. The van der Waals surface area contributed by atoms with E-state index in [-0.39, 0.29) is 0 Å². The number of ether oxygens (including phenoxy) is 1. The van der Waals surface area contributed by atoms with Crippen molar-refractivity contribution in [2.75, 3.05) is 14.2 Å². The zero-order valence-electron chi connectivity index (χ0n) is 17.3. The highest BCUT2D eigenvalue weighted by atomic mass is 32.1. The number of aromatic nitrogens is 3. The third-order valence-corrected chi connectivity index (χ3v) is 5.45. The summed E-state index contributed by atoms with van der Waals surface area (Å²) >= 11 is 5.62. The Labute approximate surface area is 172 Å². The second-order valence-corrected chi connectivity index (χ2v) is 7.95. The van der Waals surface area contributed by atoms with Gasteiger partial charge in [0, 0.05) is 18.2 Å². The minimum Gasteiger partial charge on any atom is -0.497 e. The van der Waals surface area contributed by atoms with Crippen LogP contribution in [0.2, 0.25) is 0 Å². The monoisotopic (exact) mass is 397 g/mol. The maximum absolute atomic E-state index is 5.62. The number of methoxy groups -OCH3 is 1. The van der Waals surface area contributed by atoms with E-state index in [4.69, 9.17) is 22.1 Å². The highest BCUT2D eigenvalue weighted by molar-refractivity contribution is 7.71. The summed E-state index contributed by atoms with van der Waals surface area (Å²) in [6, 6.07) is 16.8. The summed E-state index contributed by atoms with van der Waals surface area (Å²) in [5.74, 6) is 2.25. The van der Waals surface area contributed by atoms with E-state index in [1.165, 1.54) is 16.0 Å². The average Bonchev–Trinajstić information content (AvgIpc) is 2.97. The summed E-state index contributed by atoms with van der Waals surface area (Å²) in [6.07, 6.45) is 0. The van der Waals surface area contributed by atoms with Crippen molar-refractivity contribution in [2.24, 2.45) is 7.05 Å². The van der Waals surface area contributed by atoms with Crippen LogP contribution in [0.1, 0.15) is 30.9 Å². The van der Waals surface area contributed by atoms with Gasteiger partial charge < -0.3 is 14.2 Å². The predicted octanol–water partition coefficient (Wildman–Crippen LogP) is 3.42. The Kier molecular flexibility index (Phi) is 6.31. The van der Waals surface area contributed by atoms with Gasteiger partial charge in [0.2, 0.25) is 4.77 Å². The van der Waals surface area contributed by atoms with Crippen molar-refractivity contribution < 1.29 is 9.64 Å². The molecule has 0 spiro atoms. The number of nitrogens with one attached hydrogen (secondary N) is 1. The molecule has 1 unspecified atom stereocenters. The van der Waals surface area contributed by atoms with Crippen molar-refractivity contribution in [3.05, 3.63) is 64.4 Å². The summed E-state index contributed by atoms with van der Waals surface area (Å²) in [5.41, 5.74) is 3.72. The lowest BCUT2D eigenvalue weighted by Crippen LogP contribution is -3.07. The van der Waals surface area contributed by atoms with Gasteiger partial charge in [0.25, 0.3) is 0 Å². The molecule has 28 heavy (non-hydrogen) atoms. The number of benzene rings is 2. The highest BCUT2D eigenvalue weighted by Crippen LogP contribution is 2.20. The van der Waals surface area contributed by atoms with Gasteiger partial charge in [-0.25, -0.2) is 0 Å². The van der Waals surface area contributed by atoms with E-state index in [1.54, 1.807) is 7.11 Å². The molecule has 1 aromatic heterocycles. The highest BCUT2D eigenvalue weighted by Gasteiger charge is 2.13. The molecule has 1 atom stereocenters. The minimum absolute atomic E-state index is 0.558. The van der Waals surface area contributed by atoms with Crippen LogP contribution in [0.3, 0.4) is 0 Å². The standard InChI is InChI=1S/C22H28N4OS/c1-16(2)18-8-6-17(7-9-18)14-24(3)15-26-22(28)25(4)21(23-26)19-10-12-20(27-5)13-11-19/h6-13,16H,14-15H2,1-5H3/p+1. The van der Waals surface area contributed by atoms with Gasteiger partial charge >= 0.3 is 0 Å². The van der Waals surface area contributed by atoms with Crippen LogP contribution in [0.15, 0.2) is 48.5 Å². The molecule has 1 N–H and O–H groups in total. The Morgan fingerprint density at radius 2 is 1.71 bits per heavy atom.